The first-order valence-corrected chi connectivity index (χ1v) is 13.7. The molecule has 1 saturated carbocycles. The molecule has 1 aliphatic rings. The second kappa shape index (κ2) is 15.8. The van der Waals surface area contributed by atoms with Crippen molar-refractivity contribution < 1.29 is 10.2 Å². The van der Waals surface area contributed by atoms with Crippen molar-refractivity contribution >= 4 is 5.82 Å². The SMILES string of the molecule is CC.CCCc1nn(-c2ncccc2C)c(N/C(C)=C(/C=C(\CC)C2CC2)CO)c1-c1cccnc1.CO. The highest BCUT2D eigenvalue weighted by molar-refractivity contribution is 5.80. The molecule has 3 aromatic heterocycles. The summed E-state index contributed by atoms with van der Waals surface area (Å²) in [5.41, 5.74) is 7.32. The summed E-state index contributed by atoms with van der Waals surface area (Å²) in [6.07, 6.45) is 13.0. The Morgan fingerprint density at radius 3 is 2.39 bits per heavy atom. The molecule has 3 heterocycles. The molecule has 1 fully saturated rings. The maximum atomic E-state index is 10.2. The van der Waals surface area contributed by atoms with Gasteiger partial charge in [-0.3, -0.25) is 4.98 Å². The van der Waals surface area contributed by atoms with Crippen LogP contribution in [0.4, 0.5) is 5.82 Å². The highest BCUT2D eigenvalue weighted by atomic mass is 16.3. The summed E-state index contributed by atoms with van der Waals surface area (Å²) < 4.78 is 1.91. The molecule has 0 radical (unpaired) electrons. The summed E-state index contributed by atoms with van der Waals surface area (Å²) >= 11 is 0. The maximum absolute atomic E-state index is 10.2. The Hall–Kier alpha value is -3.29. The van der Waals surface area contributed by atoms with Gasteiger partial charge in [-0.05, 0) is 68.7 Å². The van der Waals surface area contributed by atoms with Crippen LogP contribution < -0.4 is 5.32 Å². The van der Waals surface area contributed by atoms with Gasteiger partial charge in [0.15, 0.2) is 5.82 Å². The average Bonchev–Trinajstić information content (AvgIpc) is 3.75. The number of aliphatic hydroxyl groups is 2. The minimum Gasteiger partial charge on any atom is -0.400 e. The van der Waals surface area contributed by atoms with Gasteiger partial charge < -0.3 is 15.5 Å². The fourth-order valence-electron chi connectivity index (χ4n) is 4.37. The molecule has 7 heteroatoms. The summed E-state index contributed by atoms with van der Waals surface area (Å²) in [5.74, 6) is 2.31. The van der Waals surface area contributed by atoms with E-state index in [2.05, 4.69) is 41.3 Å². The van der Waals surface area contributed by atoms with Crippen molar-refractivity contribution in [2.75, 3.05) is 19.0 Å². The van der Waals surface area contributed by atoms with Gasteiger partial charge in [0.2, 0.25) is 0 Å². The Labute approximate surface area is 228 Å². The first-order valence-electron chi connectivity index (χ1n) is 13.7. The zero-order valence-electron chi connectivity index (χ0n) is 24.1. The second-order valence-electron chi connectivity index (χ2n) is 9.00. The molecule has 0 saturated heterocycles. The van der Waals surface area contributed by atoms with Crippen molar-refractivity contribution in [3.05, 3.63) is 77.0 Å². The molecule has 0 spiro atoms. The molecule has 38 heavy (non-hydrogen) atoms. The predicted molar refractivity (Wildman–Crippen MR) is 157 cm³/mol. The first kappa shape index (κ1) is 30.9. The van der Waals surface area contributed by atoms with E-state index < -0.39 is 0 Å². The van der Waals surface area contributed by atoms with E-state index in [1.54, 1.807) is 12.4 Å². The van der Waals surface area contributed by atoms with Gasteiger partial charge in [-0.1, -0.05) is 57.9 Å². The molecule has 1 aliphatic carbocycles. The number of aromatic nitrogens is 4. The van der Waals surface area contributed by atoms with Crippen LogP contribution in [0.2, 0.25) is 0 Å². The smallest absolute Gasteiger partial charge is 0.158 e. The van der Waals surface area contributed by atoms with E-state index in [0.717, 1.165) is 71.7 Å². The minimum absolute atomic E-state index is 0.0180. The summed E-state index contributed by atoms with van der Waals surface area (Å²) in [6, 6.07) is 8.00. The van der Waals surface area contributed by atoms with Gasteiger partial charge >= 0.3 is 0 Å². The Bertz CT molecular complexity index is 1190. The number of allylic oxidation sites excluding steroid dienone is 2. The quantitative estimate of drug-likeness (QED) is 0.260. The van der Waals surface area contributed by atoms with Crippen LogP contribution in [0.25, 0.3) is 16.9 Å². The lowest BCUT2D eigenvalue weighted by molar-refractivity contribution is 0.333. The molecule has 0 bridgehead atoms. The van der Waals surface area contributed by atoms with Crippen LogP contribution in [0.5, 0.6) is 0 Å². The predicted octanol–water partition coefficient (Wildman–Crippen LogP) is 6.65. The third kappa shape index (κ3) is 7.62. The topological polar surface area (TPSA) is 96.1 Å². The number of aryl methyl sites for hydroxylation is 2. The summed E-state index contributed by atoms with van der Waals surface area (Å²) in [6.45, 7) is 12.4. The fourth-order valence-corrected chi connectivity index (χ4v) is 4.37. The van der Waals surface area contributed by atoms with E-state index in [-0.39, 0.29) is 6.61 Å². The van der Waals surface area contributed by atoms with Gasteiger partial charge in [-0.15, -0.1) is 0 Å². The molecule has 206 valence electrons. The second-order valence-corrected chi connectivity index (χ2v) is 9.00. The van der Waals surface area contributed by atoms with Crippen LogP contribution in [-0.2, 0) is 6.42 Å². The van der Waals surface area contributed by atoms with Crippen molar-refractivity contribution in [1.29, 1.82) is 0 Å². The minimum atomic E-state index is -0.0180. The van der Waals surface area contributed by atoms with Gasteiger partial charge in [0, 0.05) is 42.5 Å². The lowest BCUT2D eigenvalue weighted by Gasteiger charge is -2.16. The number of nitrogens with one attached hydrogen (secondary N) is 1. The van der Waals surface area contributed by atoms with Crippen LogP contribution in [-0.4, -0.2) is 43.7 Å². The van der Waals surface area contributed by atoms with Crippen molar-refractivity contribution in [3.8, 4) is 16.9 Å². The number of nitrogens with zero attached hydrogens (tertiary/aromatic N) is 4. The molecule has 4 rings (SSSR count). The molecule has 0 amide bonds. The molecule has 0 atom stereocenters. The van der Waals surface area contributed by atoms with E-state index in [0.29, 0.717) is 5.92 Å². The van der Waals surface area contributed by atoms with E-state index in [1.165, 1.54) is 18.4 Å². The molecular formula is C31H45N5O2. The summed E-state index contributed by atoms with van der Waals surface area (Å²) in [7, 11) is 1.00. The number of aliphatic hydroxyl groups excluding tert-OH is 2. The zero-order chi connectivity index (χ0) is 28.1. The molecule has 0 unspecified atom stereocenters. The van der Waals surface area contributed by atoms with Crippen molar-refractivity contribution in [2.24, 2.45) is 5.92 Å². The number of hydrogen-bond donors (Lipinski definition) is 3. The summed E-state index contributed by atoms with van der Waals surface area (Å²) in [5, 5.41) is 25.9. The third-order valence-electron chi connectivity index (χ3n) is 6.40. The lowest BCUT2D eigenvalue weighted by Crippen LogP contribution is -2.10. The number of pyridine rings is 2. The normalized spacial score (nSPS) is 13.6. The van der Waals surface area contributed by atoms with E-state index in [4.69, 9.17) is 10.2 Å². The maximum Gasteiger partial charge on any atom is 0.158 e. The monoisotopic (exact) mass is 519 g/mol. The van der Waals surface area contributed by atoms with Crippen molar-refractivity contribution in [2.45, 2.75) is 73.6 Å². The molecular weight excluding hydrogens is 474 g/mol. The Morgan fingerprint density at radius 2 is 1.84 bits per heavy atom. The van der Waals surface area contributed by atoms with Crippen LogP contribution >= 0.6 is 0 Å². The molecule has 3 N–H and O–H groups in total. The fraction of sp³-hybridized carbons (Fsp3) is 0.452. The number of anilines is 1. The van der Waals surface area contributed by atoms with Gasteiger partial charge in [0.1, 0.15) is 5.82 Å². The van der Waals surface area contributed by atoms with Crippen LogP contribution in [0.15, 0.2) is 65.8 Å². The Morgan fingerprint density at radius 1 is 1.13 bits per heavy atom. The van der Waals surface area contributed by atoms with Gasteiger partial charge in [-0.25, -0.2) is 4.98 Å². The van der Waals surface area contributed by atoms with Crippen LogP contribution in [0.3, 0.4) is 0 Å². The Kier molecular flexibility index (Phi) is 12.9. The van der Waals surface area contributed by atoms with Crippen molar-refractivity contribution in [3.63, 3.8) is 0 Å². The lowest BCUT2D eigenvalue weighted by atomic mass is 10.0. The van der Waals surface area contributed by atoms with E-state index in [1.807, 2.05) is 56.8 Å². The number of rotatable bonds is 10. The standard InChI is InChI=1S/C28H35N5O.C2H6.CH4O/c1-5-9-25-26(23-11-8-14-29-17-23)28(33(32-25)27-19(3)10-7-15-30-27)31-20(4)24(18-34)16-21(6-2)22-12-13-22;2*1-2/h7-8,10-11,14-17,22,31,34H,5-6,9,12-13,18H2,1-4H3;1-2H3;2H,1H3/b21-16+,24-20-;;. The highest BCUT2D eigenvalue weighted by Gasteiger charge is 2.25. The number of hydrogen-bond acceptors (Lipinski definition) is 6. The van der Waals surface area contributed by atoms with Crippen LogP contribution in [0, 0.1) is 12.8 Å². The van der Waals surface area contributed by atoms with Crippen LogP contribution in [0.1, 0.15) is 71.6 Å². The average molecular weight is 520 g/mol. The Balaban J connectivity index is 0.00000121. The summed E-state index contributed by atoms with van der Waals surface area (Å²) in [4.78, 5) is 9.02. The van der Waals surface area contributed by atoms with Gasteiger partial charge in [0.05, 0.1) is 12.3 Å². The van der Waals surface area contributed by atoms with Crippen molar-refractivity contribution in [1.82, 2.24) is 19.7 Å². The third-order valence-corrected chi connectivity index (χ3v) is 6.40. The van der Waals surface area contributed by atoms with Gasteiger partial charge in [0.25, 0.3) is 0 Å². The molecule has 0 aromatic carbocycles. The highest BCUT2D eigenvalue weighted by Crippen LogP contribution is 2.39. The van der Waals surface area contributed by atoms with Gasteiger partial charge in [-0.2, -0.15) is 9.78 Å². The largest absolute Gasteiger partial charge is 0.400 e. The first-order chi connectivity index (χ1) is 18.6. The molecule has 0 aliphatic heterocycles. The molecule has 3 aromatic rings. The van der Waals surface area contributed by atoms with E-state index in [9.17, 15) is 5.11 Å². The zero-order valence-corrected chi connectivity index (χ0v) is 24.1. The van der Waals surface area contributed by atoms with E-state index >= 15 is 0 Å². The molecule has 7 nitrogen and oxygen atoms in total.